The average molecular weight is 149 g/mol. The summed E-state index contributed by atoms with van der Waals surface area (Å²) < 4.78 is 0. The molecule has 1 aromatic carbocycles. The van der Waals surface area contributed by atoms with Gasteiger partial charge in [0.05, 0.1) is 0 Å². The fraction of sp³-hybridized carbons (Fsp3) is 0.111. The van der Waals surface area contributed by atoms with E-state index in [1.807, 2.05) is 30.3 Å². The van der Waals surface area contributed by atoms with Crippen LogP contribution in [0.4, 0.5) is 0 Å². The molecule has 0 bridgehead atoms. The number of hydrogen-bond acceptors (Lipinski definition) is 0. The summed E-state index contributed by atoms with van der Waals surface area (Å²) in [7, 11) is 0. The van der Waals surface area contributed by atoms with Crippen LogP contribution < -0.4 is 0 Å². The van der Waals surface area contributed by atoms with Gasteiger partial charge >= 0.3 is 0 Å². The molecule has 0 aliphatic rings. The third kappa shape index (κ3) is 1.42. The van der Waals surface area contributed by atoms with E-state index in [1.54, 1.807) is 0 Å². The lowest BCUT2D eigenvalue weighted by atomic mass is 10.1. The second-order valence-corrected chi connectivity index (χ2v) is 2.34. The zero-order chi connectivity index (χ0) is 7.40. The molecule has 0 amide bonds. The maximum Gasteiger partial charge on any atom is 0.0294 e. The van der Waals surface area contributed by atoms with E-state index in [2.05, 4.69) is 6.58 Å². The van der Waals surface area contributed by atoms with Crippen molar-refractivity contribution in [2.75, 3.05) is 0 Å². The van der Waals surface area contributed by atoms with Gasteiger partial charge in [-0.2, -0.15) is 0 Å². The molecule has 1 rings (SSSR count). The van der Waals surface area contributed by atoms with Gasteiger partial charge in [0.15, 0.2) is 0 Å². The summed E-state index contributed by atoms with van der Waals surface area (Å²) >= 11 is 4.92. The first-order chi connectivity index (χ1) is 4.88. The Hall–Kier alpha value is -0.690. The Morgan fingerprint density at radius 1 is 1.40 bits per heavy atom. The molecule has 0 atom stereocenters. The second-order valence-electron chi connectivity index (χ2n) is 2.05. The maximum atomic E-state index is 4.92. The molecule has 0 fully saturated rings. The summed E-state index contributed by atoms with van der Waals surface area (Å²) in [4.78, 5) is 0. The summed E-state index contributed by atoms with van der Waals surface area (Å²) in [5.74, 6) is 0.669. The Bertz CT molecular complexity index is 228. The maximum absolute atomic E-state index is 4.92. The topological polar surface area (TPSA) is 0 Å². The molecule has 0 unspecified atom stereocenters. The first kappa shape index (κ1) is 7.42. The van der Waals surface area contributed by atoms with Gasteiger partial charge in [0.1, 0.15) is 0 Å². The lowest BCUT2D eigenvalue weighted by molar-refractivity contribution is 1.40. The molecule has 1 radical (unpaired) electrons. The molecule has 0 N–H and O–H groups in total. The Morgan fingerprint density at radius 2 is 2.10 bits per heavy atom. The smallest absolute Gasteiger partial charge is 0.0294 e. The van der Waals surface area contributed by atoms with Crippen molar-refractivity contribution in [3.63, 3.8) is 0 Å². The Balaban J connectivity index is 3.08. The molecular formula is C9H9S. The van der Waals surface area contributed by atoms with Crippen molar-refractivity contribution in [1.82, 2.24) is 0 Å². The van der Waals surface area contributed by atoms with E-state index in [-0.39, 0.29) is 0 Å². The van der Waals surface area contributed by atoms with E-state index in [1.165, 1.54) is 5.56 Å². The van der Waals surface area contributed by atoms with E-state index in [4.69, 9.17) is 12.6 Å². The van der Waals surface area contributed by atoms with Gasteiger partial charge in [-0.05, 0) is 11.1 Å². The fourth-order valence-electron chi connectivity index (χ4n) is 0.865. The minimum Gasteiger partial charge on any atom is -0.0985 e. The second kappa shape index (κ2) is 3.47. The first-order valence-electron chi connectivity index (χ1n) is 3.17. The van der Waals surface area contributed by atoms with Crippen LogP contribution in [0.2, 0.25) is 0 Å². The molecule has 0 saturated heterocycles. The van der Waals surface area contributed by atoms with E-state index in [0.717, 1.165) is 5.56 Å². The van der Waals surface area contributed by atoms with Gasteiger partial charge in [-0.3, -0.25) is 0 Å². The van der Waals surface area contributed by atoms with Crippen LogP contribution in [0.25, 0.3) is 6.08 Å². The summed E-state index contributed by atoms with van der Waals surface area (Å²) in [5.41, 5.74) is 2.34. The minimum absolute atomic E-state index is 0.669. The summed E-state index contributed by atoms with van der Waals surface area (Å²) in [6.45, 7) is 3.69. The monoisotopic (exact) mass is 149 g/mol. The van der Waals surface area contributed by atoms with Crippen molar-refractivity contribution in [3.8, 4) is 0 Å². The highest BCUT2D eigenvalue weighted by molar-refractivity contribution is 7.79. The third-order valence-corrected chi connectivity index (χ3v) is 1.74. The van der Waals surface area contributed by atoms with Gasteiger partial charge in [-0.25, -0.2) is 0 Å². The van der Waals surface area contributed by atoms with Crippen molar-refractivity contribution in [2.24, 2.45) is 0 Å². The molecule has 0 spiro atoms. The van der Waals surface area contributed by atoms with Crippen molar-refractivity contribution in [1.29, 1.82) is 0 Å². The van der Waals surface area contributed by atoms with Crippen LogP contribution in [0.5, 0.6) is 0 Å². The van der Waals surface area contributed by atoms with Crippen LogP contribution >= 0.6 is 12.6 Å². The van der Waals surface area contributed by atoms with Crippen LogP contribution in [0.1, 0.15) is 11.1 Å². The van der Waals surface area contributed by atoms with Crippen molar-refractivity contribution >= 4 is 18.7 Å². The lowest BCUT2D eigenvalue weighted by Gasteiger charge is -1.98. The normalized spacial score (nSPS) is 9.30. The lowest BCUT2D eigenvalue weighted by Crippen LogP contribution is -1.81. The van der Waals surface area contributed by atoms with Crippen LogP contribution in [0.15, 0.2) is 30.8 Å². The molecule has 0 nitrogen and oxygen atoms in total. The van der Waals surface area contributed by atoms with Crippen LogP contribution in [-0.4, -0.2) is 0 Å². The summed E-state index contributed by atoms with van der Waals surface area (Å²) in [5, 5.41) is 0. The van der Waals surface area contributed by atoms with Gasteiger partial charge in [-0.15, -0.1) is 0 Å². The highest BCUT2D eigenvalue weighted by Crippen LogP contribution is 2.11. The third-order valence-electron chi connectivity index (χ3n) is 1.43. The molecule has 0 aliphatic heterocycles. The van der Waals surface area contributed by atoms with E-state index in [9.17, 15) is 0 Å². The first-order valence-corrected chi connectivity index (χ1v) is 3.74. The quantitative estimate of drug-likeness (QED) is 0.606. The van der Waals surface area contributed by atoms with Crippen molar-refractivity contribution in [3.05, 3.63) is 42.0 Å². The minimum atomic E-state index is 0.669. The SMILES string of the molecule is C=Cc1ccccc1C[S]. The summed E-state index contributed by atoms with van der Waals surface area (Å²) in [6.07, 6.45) is 1.83. The molecule has 0 aromatic heterocycles. The van der Waals surface area contributed by atoms with Crippen molar-refractivity contribution < 1.29 is 0 Å². The van der Waals surface area contributed by atoms with Gasteiger partial charge < -0.3 is 0 Å². The zero-order valence-corrected chi connectivity index (χ0v) is 6.53. The molecule has 10 heavy (non-hydrogen) atoms. The Morgan fingerprint density at radius 3 is 2.60 bits per heavy atom. The number of benzene rings is 1. The van der Waals surface area contributed by atoms with Crippen LogP contribution in [0, 0.1) is 0 Å². The van der Waals surface area contributed by atoms with Gasteiger partial charge in [-0.1, -0.05) is 49.5 Å². The Kier molecular flexibility index (Phi) is 2.57. The molecule has 1 heteroatoms. The standard InChI is InChI=1S/C9H9S/c1-2-8-5-3-4-6-9(8)7-10/h2-6H,1,7H2. The van der Waals surface area contributed by atoms with Gasteiger partial charge in [0, 0.05) is 5.75 Å². The van der Waals surface area contributed by atoms with E-state index >= 15 is 0 Å². The van der Waals surface area contributed by atoms with Crippen LogP contribution in [0.3, 0.4) is 0 Å². The number of hydrogen-bond donors (Lipinski definition) is 0. The van der Waals surface area contributed by atoms with E-state index < -0.39 is 0 Å². The van der Waals surface area contributed by atoms with Crippen LogP contribution in [-0.2, 0) is 5.75 Å². The molecule has 0 aliphatic carbocycles. The predicted octanol–water partition coefficient (Wildman–Crippen LogP) is 3.03. The molecule has 1 aromatic rings. The average Bonchev–Trinajstić information content (AvgIpc) is 2.04. The Labute approximate surface area is 67.0 Å². The molecular weight excluding hydrogens is 140 g/mol. The largest absolute Gasteiger partial charge is 0.0985 e. The highest BCUT2D eigenvalue weighted by Gasteiger charge is 1.92. The van der Waals surface area contributed by atoms with Gasteiger partial charge in [0.2, 0.25) is 0 Å². The van der Waals surface area contributed by atoms with Crippen molar-refractivity contribution in [2.45, 2.75) is 5.75 Å². The zero-order valence-electron chi connectivity index (χ0n) is 5.71. The molecule has 0 heterocycles. The molecule has 51 valence electrons. The van der Waals surface area contributed by atoms with Gasteiger partial charge in [0.25, 0.3) is 0 Å². The van der Waals surface area contributed by atoms with E-state index in [0.29, 0.717) is 5.75 Å². The highest BCUT2D eigenvalue weighted by atomic mass is 32.1. The number of rotatable bonds is 2. The molecule has 0 saturated carbocycles. The summed E-state index contributed by atoms with van der Waals surface area (Å²) in [6, 6.07) is 8.04. The fourth-order valence-corrected chi connectivity index (χ4v) is 1.13. The predicted molar refractivity (Wildman–Crippen MR) is 47.8 cm³/mol.